The predicted octanol–water partition coefficient (Wildman–Crippen LogP) is 5.66. The van der Waals surface area contributed by atoms with E-state index in [1.54, 1.807) is 22.2 Å². The second-order valence-corrected chi connectivity index (χ2v) is 9.11. The van der Waals surface area contributed by atoms with E-state index in [-0.39, 0.29) is 5.91 Å². The molecule has 2 aromatic rings. The maximum Gasteiger partial charge on any atom is 0.262 e. The number of fused-ring (bicyclic) bond motifs is 3. The summed E-state index contributed by atoms with van der Waals surface area (Å²) in [7, 11) is 0. The highest BCUT2D eigenvalue weighted by Gasteiger charge is 2.27. The van der Waals surface area contributed by atoms with Gasteiger partial charge in [0.05, 0.1) is 4.91 Å². The Bertz CT molecular complexity index is 850. The summed E-state index contributed by atoms with van der Waals surface area (Å²) >= 11 is 3.59. The van der Waals surface area contributed by atoms with Crippen molar-refractivity contribution >= 4 is 40.8 Å². The molecule has 1 aliphatic carbocycles. The van der Waals surface area contributed by atoms with E-state index in [4.69, 9.17) is 0 Å². The van der Waals surface area contributed by atoms with Gasteiger partial charge in [0, 0.05) is 21.2 Å². The van der Waals surface area contributed by atoms with Gasteiger partial charge in [-0.05, 0) is 60.4 Å². The van der Waals surface area contributed by atoms with Crippen LogP contribution in [0.4, 0.5) is 5.69 Å². The number of carbonyl (C=O) groups is 1. The van der Waals surface area contributed by atoms with Gasteiger partial charge in [-0.25, -0.2) is 0 Å². The fraction of sp³-hybridized carbons (Fsp3) is 0.381. The van der Waals surface area contributed by atoms with Crippen molar-refractivity contribution in [3.05, 3.63) is 55.6 Å². The van der Waals surface area contributed by atoms with E-state index < -0.39 is 0 Å². The molecule has 0 saturated heterocycles. The molecule has 2 aliphatic rings. The van der Waals surface area contributed by atoms with Crippen LogP contribution in [-0.2, 0) is 29.8 Å². The van der Waals surface area contributed by atoms with Crippen LogP contribution >= 0.6 is 23.1 Å². The Kier molecular flexibility index (Phi) is 4.74. The molecule has 1 atom stereocenters. The first-order valence-electron chi connectivity index (χ1n) is 9.03. The van der Waals surface area contributed by atoms with Gasteiger partial charge >= 0.3 is 0 Å². The molecule has 1 amide bonds. The van der Waals surface area contributed by atoms with E-state index >= 15 is 0 Å². The first-order valence-corrected chi connectivity index (χ1v) is 10.8. The summed E-state index contributed by atoms with van der Waals surface area (Å²) in [4.78, 5) is 16.4. The van der Waals surface area contributed by atoms with Gasteiger partial charge in [0.15, 0.2) is 0 Å². The molecule has 130 valence electrons. The number of amides is 1. The standard InChI is InChI=1S/C21H23NOS2/c1-3-14-6-4-5-7-17(14)22-21(23)20-11-19-16(12-24-20)15-9-8-13(2)10-18(15)25-19/h4-7,11,13H,3,8-10,12H2,1-2H3,(H,22,23)/t13-/m1/s1. The van der Waals surface area contributed by atoms with Crippen molar-refractivity contribution in [2.75, 3.05) is 5.32 Å². The number of hydrogen-bond acceptors (Lipinski definition) is 3. The van der Waals surface area contributed by atoms with Crippen LogP contribution in [0.25, 0.3) is 6.08 Å². The van der Waals surface area contributed by atoms with Gasteiger partial charge in [0.1, 0.15) is 0 Å². The summed E-state index contributed by atoms with van der Waals surface area (Å²) in [5, 5.41) is 3.11. The van der Waals surface area contributed by atoms with Crippen molar-refractivity contribution in [3.8, 4) is 0 Å². The first-order chi connectivity index (χ1) is 12.2. The SMILES string of the molecule is CCc1ccccc1NC(=O)C1=Cc2sc3c(c2CS1)CC[C@@H](C)C3. The van der Waals surface area contributed by atoms with Gasteiger partial charge in [-0.2, -0.15) is 0 Å². The molecule has 0 saturated carbocycles. The van der Waals surface area contributed by atoms with Crippen molar-refractivity contribution in [1.29, 1.82) is 0 Å². The van der Waals surface area contributed by atoms with Crippen LogP contribution in [0.5, 0.6) is 0 Å². The van der Waals surface area contributed by atoms with Gasteiger partial charge in [-0.15, -0.1) is 23.1 Å². The molecular weight excluding hydrogens is 346 g/mol. The normalized spacial score (nSPS) is 19.0. The molecule has 0 unspecified atom stereocenters. The van der Waals surface area contributed by atoms with E-state index in [1.807, 2.05) is 29.5 Å². The minimum Gasteiger partial charge on any atom is -0.321 e. The average molecular weight is 370 g/mol. The third kappa shape index (κ3) is 3.30. The number of hydrogen-bond donors (Lipinski definition) is 1. The second kappa shape index (κ2) is 7.00. The third-order valence-corrected chi connectivity index (χ3v) is 7.45. The zero-order valence-corrected chi connectivity index (χ0v) is 16.4. The fourth-order valence-corrected chi connectivity index (χ4v) is 6.34. The largest absolute Gasteiger partial charge is 0.321 e. The topological polar surface area (TPSA) is 29.1 Å². The first kappa shape index (κ1) is 16.9. The molecule has 25 heavy (non-hydrogen) atoms. The van der Waals surface area contributed by atoms with Gasteiger partial charge in [-0.3, -0.25) is 4.79 Å². The Morgan fingerprint density at radius 3 is 2.96 bits per heavy atom. The van der Waals surface area contributed by atoms with Crippen LogP contribution < -0.4 is 5.32 Å². The summed E-state index contributed by atoms with van der Waals surface area (Å²) < 4.78 is 0. The van der Waals surface area contributed by atoms with Crippen molar-refractivity contribution in [1.82, 2.24) is 0 Å². The molecule has 1 aliphatic heterocycles. The van der Waals surface area contributed by atoms with Gasteiger partial charge in [0.25, 0.3) is 5.91 Å². The van der Waals surface area contributed by atoms with E-state index in [0.717, 1.165) is 28.7 Å². The summed E-state index contributed by atoms with van der Waals surface area (Å²) in [5.41, 5.74) is 5.18. The Labute approximate surface area is 157 Å². The minimum absolute atomic E-state index is 0.0243. The van der Waals surface area contributed by atoms with E-state index in [9.17, 15) is 4.79 Å². The van der Waals surface area contributed by atoms with Crippen molar-refractivity contribution in [3.63, 3.8) is 0 Å². The zero-order valence-electron chi connectivity index (χ0n) is 14.7. The lowest BCUT2D eigenvalue weighted by molar-refractivity contribution is -0.112. The van der Waals surface area contributed by atoms with E-state index in [2.05, 4.69) is 31.3 Å². The lowest BCUT2D eigenvalue weighted by Gasteiger charge is -2.20. The summed E-state index contributed by atoms with van der Waals surface area (Å²) in [6, 6.07) is 8.06. The number of aryl methyl sites for hydroxylation is 1. The smallest absolute Gasteiger partial charge is 0.262 e. The maximum atomic E-state index is 12.7. The number of para-hydroxylation sites is 1. The number of benzene rings is 1. The molecule has 0 radical (unpaired) electrons. The van der Waals surface area contributed by atoms with Crippen LogP contribution in [0.15, 0.2) is 29.2 Å². The minimum atomic E-state index is 0.0243. The van der Waals surface area contributed by atoms with E-state index in [0.29, 0.717) is 0 Å². The fourth-order valence-electron chi connectivity index (χ4n) is 3.69. The Balaban J connectivity index is 1.58. The molecule has 1 N–H and O–H groups in total. The number of carbonyl (C=O) groups excluding carboxylic acids is 1. The van der Waals surface area contributed by atoms with E-state index in [1.165, 1.54) is 35.3 Å². The van der Waals surface area contributed by atoms with Gasteiger partial charge < -0.3 is 5.32 Å². The second-order valence-electron chi connectivity index (χ2n) is 6.96. The van der Waals surface area contributed by atoms with Gasteiger partial charge in [0.2, 0.25) is 0 Å². The van der Waals surface area contributed by atoms with Crippen LogP contribution in [0, 0.1) is 5.92 Å². The molecule has 1 aromatic heterocycles. The van der Waals surface area contributed by atoms with Crippen LogP contribution in [0.1, 0.15) is 46.7 Å². The average Bonchev–Trinajstić information content (AvgIpc) is 2.98. The molecule has 4 rings (SSSR count). The summed E-state index contributed by atoms with van der Waals surface area (Å²) in [5.74, 6) is 1.75. The Hall–Kier alpha value is -1.52. The molecule has 0 bridgehead atoms. The molecule has 4 heteroatoms. The van der Waals surface area contributed by atoms with Crippen LogP contribution in [0.2, 0.25) is 0 Å². The molecule has 2 nitrogen and oxygen atoms in total. The monoisotopic (exact) mass is 369 g/mol. The maximum absolute atomic E-state index is 12.7. The Morgan fingerprint density at radius 2 is 2.12 bits per heavy atom. The van der Waals surface area contributed by atoms with Crippen molar-refractivity contribution < 1.29 is 4.79 Å². The Morgan fingerprint density at radius 1 is 1.28 bits per heavy atom. The number of nitrogens with one attached hydrogen (secondary N) is 1. The molecule has 2 heterocycles. The van der Waals surface area contributed by atoms with Gasteiger partial charge in [-0.1, -0.05) is 32.0 Å². The highest BCUT2D eigenvalue weighted by Crippen LogP contribution is 2.43. The highest BCUT2D eigenvalue weighted by atomic mass is 32.2. The zero-order chi connectivity index (χ0) is 17.4. The molecule has 0 spiro atoms. The number of thioether (sulfide) groups is 1. The molecule has 0 fully saturated rings. The lowest BCUT2D eigenvalue weighted by Crippen LogP contribution is -2.15. The predicted molar refractivity (Wildman–Crippen MR) is 109 cm³/mol. The number of rotatable bonds is 3. The number of anilines is 1. The third-order valence-electron chi connectivity index (χ3n) is 5.16. The summed E-state index contributed by atoms with van der Waals surface area (Å²) in [6.07, 6.45) is 6.74. The highest BCUT2D eigenvalue weighted by molar-refractivity contribution is 8.03. The molecular formula is C21H23NOS2. The number of thiophene rings is 1. The lowest BCUT2D eigenvalue weighted by atomic mass is 9.88. The molecule has 1 aromatic carbocycles. The van der Waals surface area contributed by atoms with Crippen molar-refractivity contribution in [2.45, 2.75) is 45.3 Å². The quantitative estimate of drug-likeness (QED) is 0.756. The van der Waals surface area contributed by atoms with Crippen molar-refractivity contribution in [2.24, 2.45) is 5.92 Å². The van der Waals surface area contributed by atoms with Crippen LogP contribution in [-0.4, -0.2) is 5.91 Å². The summed E-state index contributed by atoms with van der Waals surface area (Å²) in [6.45, 7) is 4.46. The van der Waals surface area contributed by atoms with Crippen LogP contribution in [0.3, 0.4) is 0 Å².